The lowest BCUT2D eigenvalue weighted by atomic mass is 10.1. The van der Waals surface area contributed by atoms with Crippen molar-refractivity contribution < 1.29 is 0 Å². The molecule has 0 nitrogen and oxygen atoms in total. The van der Waals surface area contributed by atoms with Crippen LogP contribution in [0.2, 0.25) is 0 Å². The maximum Gasteiger partial charge on any atom is 0.0247 e. The Morgan fingerprint density at radius 2 is 2.23 bits per heavy atom. The fraction of sp³-hybridized carbons (Fsp3) is 0.273. The summed E-state index contributed by atoms with van der Waals surface area (Å²) in [5, 5.41) is 0. The molecule has 1 aromatic rings. The van der Waals surface area contributed by atoms with Crippen LogP contribution in [0.15, 0.2) is 28.7 Å². The van der Waals surface area contributed by atoms with Gasteiger partial charge in [0.05, 0.1) is 0 Å². The Morgan fingerprint density at radius 3 is 2.92 bits per heavy atom. The predicted octanol–water partition coefficient (Wildman–Crippen LogP) is 4.09. The topological polar surface area (TPSA) is 0 Å². The van der Waals surface area contributed by atoms with E-state index in [0.29, 0.717) is 0 Å². The van der Waals surface area contributed by atoms with Gasteiger partial charge >= 0.3 is 0 Å². The van der Waals surface area contributed by atoms with Crippen LogP contribution in [0.5, 0.6) is 0 Å². The Bertz CT molecular complexity index is 305. The molecule has 0 aromatic heterocycles. The van der Waals surface area contributed by atoms with Crippen molar-refractivity contribution >= 4 is 34.6 Å². The minimum atomic E-state index is 0.903. The van der Waals surface area contributed by atoms with Gasteiger partial charge < -0.3 is 0 Å². The van der Waals surface area contributed by atoms with Crippen LogP contribution in [0.3, 0.4) is 0 Å². The number of benzene rings is 1. The Balaban J connectivity index is 2.81. The molecule has 2 heteroatoms. The molecule has 0 aliphatic heterocycles. The van der Waals surface area contributed by atoms with Crippen molar-refractivity contribution in [3.05, 3.63) is 39.9 Å². The highest BCUT2D eigenvalue weighted by Gasteiger charge is 1.94. The lowest BCUT2D eigenvalue weighted by Gasteiger charge is -1.99. The van der Waals surface area contributed by atoms with E-state index >= 15 is 0 Å². The molecule has 0 saturated carbocycles. The highest BCUT2D eigenvalue weighted by Crippen LogP contribution is 2.19. The Hall–Kier alpha value is -0.210. The van der Waals surface area contributed by atoms with Gasteiger partial charge in [-0.2, -0.15) is 12.6 Å². The Kier molecular flexibility index (Phi) is 4.60. The zero-order chi connectivity index (χ0) is 9.68. The van der Waals surface area contributed by atoms with E-state index in [2.05, 4.69) is 65.8 Å². The molecule has 70 valence electrons. The van der Waals surface area contributed by atoms with E-state index in [1.54, 1.807) is 0 Å². The van der Waals surface area contributed by atoms with Crippen LogP contribution in [0.1, 0.15) is 17.5 Å². The maximum absolute atomic E-state index is 4.15. The number of hydrogen-bond donors (Lipinski definition) is 1. The van der Waals surface area contributed by atoms with Crippen LogP contribution in [-0.2, 0) is 0 Å². The quantitative estimate of drug-likeness (QED) is 0.774. The summed E-state index contributed by atoms with van der Waals surface area (Å²) in [6.45, 7) is 2.10. The van der Waals surface area contributed by atoms with E-state index in [-0.39, 0.29) is 0 Å². The summed E-state index contributed by atoms with van der Waals surface area (Å²) in [6, 6.07) is 6.34. The lowest BCUT2D eigenvalue weighted by molar-refractivity contribution is 1.26. The molecule has 0 bridgehead atoms. The molecule has 0 aliphatic carbocycles. The van der Waals surface area contributed by atoms with Gasteiger partial charge in [-0.25, -0.2) is 0 Å². The molecule has 0 spiro atoms. The molecule has 1 aromatic carbocycles. The monoisotopic (exact) mass is 256 g/mol. The molecule has 0 heterocycles. The van der Waals surface area contributed by atoms with Crippen molar-refractivity contribution in [2.45, 2.75) is 13.3 Å². The van der Waals surface area contributed by atoms with Crippen molar-refractivity contribution in [2.24, 2.45) is 0 Å². The molecule has 0 atom stereocenters. The zero-order valence-corrected chi connectivity index (χ0v) is 10.1. The normalized spacial score (nSPS) is 11.0. The smallest absolute Gasteiger partial charge is 0.0247 e. The van der Waals surface area contributed by atoms with Gasteiger partial charge in [0.2, 0.25) is 0 Å². The van der Waals surface area contributed by atoms with Crippen molar-refractivity contribution in [3.8, 4) is 0 Å². The van der Waals surface area contributed by atoms with Gasteiger partial charge in [0, 0.05) is 4.47 Å². The maximum atomic E-state index is 4.15. The largest absolute Gasteiger partial charge is 0.179 e. The first-order valence-electron chi connectivity index (χ1n) is 4.27. The Labute approximate surface area is 93.6 Å². The van der Waals surface area contributed by atoms with Gasteiger partial charge in [0.25, 0.3) is 0 Å². The first-order valence-corrected chi connectivity index (χ1v) is 5.70. The van der Waals surface area contributed by atoms with E-state index in [1.165, 1.54) is 11.1 Å². The fourth-order valence-corrected chi connectivity index (χ4v) is 1.60. The average molecular weight is 257 g/mol. The first kappa shape index (κ1) is 10.9. The zero-order valence-electron chi connectivity index (χ0n) is 7.63. The third-order valence-corrected chi connectivity index (χ3v) is 2.73. The minimum absolute atomic E-state index is 0.903. The summed E-state index contributed by atoms with van der Waals surface area (Å²) in [4.78, 5) is 0. The van der Waals surface area contributed by atoms with Crippen LogP contribution < -0.4 is 0 Å². The second kappa shape index (κ2) is 5.51. The van der Waals surface area contributed by atoms with Crippen LogP contribution in [0.4, 0.5) is 0 Å². The highest BCUT2D eigenvalue weighted by molar-refractivity contribution is 9.10. The van der Waals surface area contributed by atoms with Gasteiger partial charge in [0.1, 0.15) is 0 Å². The highest BCUT2D eigenvalue weighted by atomic mass is 79.9. The summed E-state index contributed by atoms with van der Waals surface area (Å²) in [7, 11) is 0. The summed E-state index contributed by atoms with van der Waals surface area (Å²) < 4.78 is 1.15. The summed E-state index contributed by atoms with van der Waals surface area (Å²) >= 11 is 7.66. The van der Waals surface area contributed by atoms with E-state index in [0.717, 1.165) is 16.6 Å². The molecular weight excluding hydrogens is 244 g/mol. The van der Waals surface area contributed by atoms with Gasteiger partial charge in [-0.15, -0.1) is 0 Å². The molecule has 0 aliphatic rings. The minimum Gasteiger partial charge on any atom is -0.179 e. The SMILES string of the molecule is Cc1ccc(Br)c(C=CCCS)c1. The molecule has 0 fully saturated rings. The lowest BCUT2D eigenvalue weighted by Crippen LogP contribution is -1.78. The van der Waals surface area contributed by atoms with Crippen molar-refractivity contribution in [2.75, 3.05) is 5.75 Å². The molecule has 0 amide bonds. The van der Waals surface area contributed by atoms with Gasteiger partial charge in [-0.05, 0) is 30.7 Å². The summed E-state index contributed by atoms with van der Waals surface area (Å²) in [5.74, 6) is 0.903. The first-order chi connectivity index (χ1) is 6.24. The molecule has 13 heavy (non-hydrogen) atoms. The third-order valence-electron chi connectivity index (χ3n) is 1.74. The molecule has 0 radical (unpaired) electrons. The second-order valence-corrected chi connectivity index (χ2v) is 4.24. The number of rotatable bonds is 3. The van der Waals surface area contributed by atoms with E-state index < -0.39 is 0 Å². The molecule has 0 N–H and O–H groups in total. The van der Waals surface area contributed by atoms with Crippen molar-refractivity contribution in [1.82, 2.24) is 0 Å². The number of hydrogen-bond acceptors (Lipinski definition) is 1. The van der Waals surface area contributed by atoms with Gasteiger partial charge in [-0.3, -0.25) is 0 Å². The van der Waals surface area contributed by atoms with Crippen LogP contribution in [0.25, 0.3) is 6.08 Å². The number of allylic oxidation sites excluding steroid dienone is 1. The Morgan fingerprint density at radius 1 is 1.46 bits per heavy atom. The van der Waals surface area contributed by atoms with E-state index in [1.807, 2.05) is 0 Å². The summed E-state index contributed by atoms with van der Waals surface area (Å²) in [6.07, 6.45) is 5.29. The van der Waals surface area contributed by atoms with E-state index in [9.17, 15) is 0 Å². The number of thiol groups is 1. The molecular formula is C11H13BrS. The average Bonchev–Trinajstić information content (AvgIpc) is 2.11. The van der Waals surface area contributed by atoms with Gasteiger partial charge in [-0.1, -0.05) is 45.8 Å². The van der Waals surface area contributed by atoms with Crippen LogP contribution >= 0.6 is 28.6 Å². The standard InChI is InChI=1S/C11H13BrS/c1-9-5-6-11(12)10(8-9)4-2-3-7-13/h2,4-6,8,13H,3,7H2,1H3. The predicted molar refractivity (Wildman–Crippen MR) is 66.4 cm³/mol. The third kappa shape index (κ3) is 3.57. The van der Waals surface area contributed by atoms with Crippen LogP contribution in [-0.4, -0.2) is 5.75 Å². The molecule has 1 rings (SSSR count). The van der Waals surface area contributed by atoms with Gasteiger partial charge in [0.15, 0.2) is 0 Å². The fourth-order valence-electron chi connectivity index (χ4n) is 1.08. The molecule has 0 unspecified atom stereocenters. The second-order valence-electron chi connectivity index (χ2n) is 2.94. The van der Waals surface area contributed by atoms with Crippen molar-refractivity contribution in [3.63, 3.8) is 0 Å². The number of aryl methyl sites for hydroxylation is 1. The molecule has 0 saturated heterocycles. The van der Waals surface area contributed by atoms with E-state index in [4.69, 9.17) is 0 Å². The summed E-state index contributed by atoms with van der Waals surface area (Å²) in [5.41, 5.74) is 2.52. The van der Waals surface area contributed by atoms with Crippen molar-refractivity contribution in [1.29, 1.82) is 0 Å². The number of halogens is 1. The van der Waals surface area contributed by atoms with Crippen LogP contribution in [0, 0.1) is 6.92 Å².